The van der Waals surface area contributed by atoms with Crippen molar-refractivity contribution in [3.63, 3.8) is 0 Å². The molecule has 3 atom stereocenters. The largest absolute Gasteiger partial charge is 0.463 e. The summed E-state index contributed by atoms with van der Waals surface area (Å²) < 4.78 is 10.3. The first-order chi connectivity index (χ1) is 22.8. The molecule has 0 fully saturated rings. The van der Waals surface area contributed by atoms with E-state index in [1.165, 1.54) is 89.9 Å². The van der Waals surface area contributed by atoms with Gasteiger partial charge in [0.05, 0.1) is 12.2 Å². The van der Waals surface area contributed by atoms with Crippen LogP contribution in [0, 0.1) is 5.92 Å². The maximum atomic E-state index is 12.0. The van der Waals surface area contributed by atoms with E-state index in [1.54, 1.807) is 0 Å². The predicted molar refractivity (Wildman–Crippen MR) is 194 cm³/mol. The van der Waals surface area contributed by atoms with Gasteiger partial charge in [-0.15, -0.1) is 0 Å². The Morgan fingerprint density at radius 2 is 0.957 bits per heavy atom. The standard InChI is InChI=1S/C40H76O7/c1-4-5-6-7-19-24-29-37(42)38(43)30-25-20-17-22-27-32-40(45)47-34-36(41)33-46-39(44)31-26-21-16-14-12-10-8-9-11-13-15-18-23-28-35(2)3/h19,24,35-38,41-43H,4-18,20-23,25-34H2,1-3H3/b24-19-/t36-,37+,38+/m0/s1. The SMILES string of the molecule is CCCCC/C=C\C[C@@H](O)[C@H](O)CCCCCCCC(=O)OC[C@@H](O)COC(=O)CCCCCCCCCCCCCCCC(C)C. The summed E-state index contributed by atoms with van der Waals surface area (Å²) in [6.45, 7) is 6.46. The van der Waals surface area contributed by atoms with E-state index in [9.17, 15) is 24.9 Å². The molecule has 0 heterocycles. The van der Waals surface area contributed by atoms with Crippen LogP contribution in [-0.4, -0.2) is 58.8 Å². The van der Waals surface area contributed by atoms with Gasteiger partial charge in [0.1, 0.15) is 19.3 Å². The summed E-state index contributed by atoms with van der Waals surface area (Å²) >= 11 is 0. The zero-order chi connectivity index (χ0) is 34.8. The number of esters is 2. The van der Waals surface area contributed by atoms with Crippen molar-refractivity contribution in [2.24, 2.45) is 5.92 Å². The van der Waals surface area contributed by atoms with E-state index in [0.29, 0.717) is 25.7 Å². The molecule has 0 aromatic heterocycles. The molecule has 0 rings (SSSR count). The lowest BCUT2D eigenvalue weighted by Crippen LogP contribution is -2.25. The first-order valence-corrected chi connectivity index (χ1v) is 19.8. The molecule has 0 radical (unpaired) electrons. The second-order valence-electron chi connectivity index (χ2n) is 14.2. The van der Waals surface area contributed by atoms with E-state index in [2.05, 4.69) is 26.8 Å². The first kappa shape index (κ1) is 45.6. The van der Waals surface area contributed by atoms with Crippen LogP contribution >= 0.6 is 0 Å². The Bertz CT molecular complexity index is 723. The Kier molecular flexibility index (Phi) is 33.4. The maximum absolute atomic E-state index is 12.0. The molecule has 0 aliphatic heterocycles. The third-order valence-electron chi connectivity index (χ3n) is 8.88. The molecular weight excluding hydrogens is 592 g/mol. The van der Waals surface area contributed by atoms with Crippen molar-refractivity contribution in [3.05, 3.63) is 12.2 Å². The molecule has 0 aromatic carbocycles. The summed E-state index contributed by atoms with van der Waals surface area (Å²) in [5.41, 5.74) is 0. The van der Waals surface area contributed by atoms with Gasteiger partial charge < -0.3 is 24.8 Å². The van der Waals surface area contributed by atoms with E-state index >= 15 is 0 Å². The Hall–Kier alpha value is -1.44. The number of ether oxygens (including phenoxy) is 2. The zero-order valence-corrected chi connectivity index (χ0v) is 30.9. The molecule has 278 valence electrons. The number of allylic oxidation sites excluding steroid dienone is 1. The van der Waals surface area contributed by atoms with Crippen molar-refractivity contribution in [2.45, 2.75) is 212 Å². The fourth-order valence-electron chi connectivity index (χ4n) is 5.71. The van der Waals surface area contributed by atoms with Gasteiger partial charge in [-0.3, -0.25) is 9.59 Å². The van der Waals surface area contributed by atoms with Crippen LogP contribution in [0.4, 0.5) is 0 Å². The van der Waals surface area contributed by atoms with Gasteiger partial charge in [-0.2, -0.15) is 0 Å². The second-order valence-corrected chi connectivity index (χ2v) is 14.2. The topological polar surface area (TPSA) is 113 Å². The third-order valence-corrected chi connectivity index (χ3v) is 8.88. The highest BCUT2D eigenvalue weighted by Crippen LogP contribution is 2.16. The van der Waals surface area contributed by atoms with Gasteiger partial charge >= 0.3 is 11.9 Å². The van der Waals surface area contributed by atoms with E-state index in [-0.39, 0.29) is 31.6 Å². The molecule has 0 aliphatic carbocycles. The van der Waals surface area contributed by atoms with Crippen LogP contribution in [-0.2, 0) is 19.1 Å². The number of carbonyl (C=O) groups is 2. The van der Waals surface area contributed by atoms with Gasteiger partial charge in [0, 0.05) is 12.8 Å². The van der Waals surface area contributed by atoms with E-state index in [4.69, 9.17) is 9.47 Å². The predicted octanol–water partition coefficient (Wildman–Crippen LogP) is 9.92. The summed E-state index contributed by atoms with van der Waals surface area (Å²) in [4.78, 5) is 23.9. The molecule has 0 unspecified atom stereocenters. The van der Waals surface area contributed by atoms with Crippen LogP contribution in [0.2, 0.25) is 0 Å². The van der Waals surface area contributed by atoms with Gasteiger partial charge in [-0.05, 0) is 44.4 Å². The Labute approximate surface area is 289 Å². The molecule has 47 heavy (non-hydrogen) atoms. The van der Waals surface area contributed by atoms with Crippen molar-refractivity contribution in [1.82, 2.24) is 0 Å². The van der Waals surface area contributed by atoms with Gasteiger partial charge in [0.25, 0.3) is 0 Å². The lowest BCUT2D eigenvalue weighted by molar-refractivity contribution is -0.152. The number of carbonyl (C=O) groups excluding carboxylic acids is 2. The minimum absolute atomic E-state index is 0.153. The molecule has 0 amide bonds. The van der Waals surface area contributed by atoms with Crippen LogP contribution in [0.25, 0.3) is 0 Å². The van der Waals surface area contributed by atoms with Crippen LogP contribution in [0.5, 0.6) is 0 Å². The van der Waals surface area contributed by atoms with Crippen molar-refractivity contribution in [1.29, 1.82) is 0 Å². The molecule has 3 N–H and O–H groups in total. The smallest absolute Gasteiger partial charge is 0.305 e. The minimum atomic E-state index is -1.01. The Balaban J connectivity index is 3.53. The first-order valence-electron chi connectivity index (χ1n) is 19.8. The molecular formula is C40H76O7. The van der Waals surface area contributed by atoms with Crippen molar-refractivity contribution in [2.75, 3.05) is 13.2 Å². The zero-order valence-electron chi connectivity index (χ0n) is 30.9. The minimum Gasteiger partial charge on any atom is -0.463 e. The van der Waals surface area contributed by atoms with Crippen LogP contribution in [0.15, 0.2) is 12.2 Å². The molecule has 0 saturated heterocycles. The number of hydrogen-bond acceptors (Lipinski definition) is 7. The highest BCUT2D eigenvalue weighted by molar-refractivity contribution is 5.69. The van der Waals surface area contributed by atoms with Crippen molar-refractivity contribution >= 4 is 11.9 Å². The summed E-state index contributed by atoms with van der Waals surface area (Å²) in [7, 11) is 0. The molecule has 0 aliphatic rings. The maximum Gasteiger partial charge on any atom is 0.305 e. The lowest BCUT2D eigenvalue weighted by atomic mass is 10.0. The fraction of sp³-hybridized carbons (Fsp3) is 0.900. The summed E-state index contributed by atoms with van der Waals surface area (Å²) in [6.07, 6.45) is 30.1. The molecule has 7 nitrogen and oxygen atoms in total. The van der Waals surface area contributed by atoms with Crippen molar-refractivity contribution in [3.8, 4) is 0 Å². The summed E-state index contributed by atoms with van der Waals surface area (Å²) in [5.74, 6) is 0.172. The van der Waals surface area contributed by atoms with Gasteiger partial charge in [0.15, 0.2) is 0 Å². The van der Waals surface area contributed by atoms with Gasteiger partial charge in [-0.25, -0.2) is 0 Å². The summed E-state index contributed by atoms with van der Waals surface area (Å²) in [6, 6.07) is 0. The fourth-order valence-corrected chi connectivity index (χ4v) is 5.71. The third kappa shape index (κ3) is 34.2. The average Bonchev–Trinajstić information content (AvgIpc) is 3.05. The van der Waals surface area contributed by atoms with Crippen LogP contribution in [0.3, 0.4) is 0 Å². The van der Waals surface area contributed by atoms with Crippen LogP contribution in [0.1, 0.15) is 194 Å². The lowest BCUT2D eigenvalue weighted by Gasteiger charge is -2.16. The quantitative estimate of drug-likeness (QED) is 0.0350. The summed E-state index contributed by atoms with van der Waals surface area (Å²) in [5, 5.41) is 30.2. The highest BCUT2D eigenvalue weighted by atomic mass is 16.6. The second kappa shape index (κ2) is 34.4. The molecule has 0 aromatic rings. The monoisotopic (exact) mass is 669 g/mol. The molecule has 0 saturated carbocycles. The van der Waals surface area contributed by atoms with Gasteiger partial charge in [-0.1, -0.05) is 155 Å². The van der Waals surface area contributed by atoms with Crippen LogP contribution < -0.4 is 0 Å². The average molecular weight is 669 g/mol. The Morgan fingerprint density at radius 1 is 0.532 bits per heavy atom. The molecule has 0 bridgehead atoms. The number of aliphatic hydroxyl groups excluding tert-OH is 3. The number of hydrogen-bond donors (Lipinski definition) is 3. The number of unbranched alkanes of at least 4 members (excludes halogenated alkanes) is 19. The molecule has 7 heteroatoms. The van der Waals surface area contributed by atoms with Gasteiger partial charge in [0.2, 0.25) is 0 Å². The van der Waals surface area contributed by atoms with Crippen molar-refractivity contribution < 1.29 is 34.4 Å². The number of aliphatic hydroxyl groups is 3. The Morgan fingerprint density at radius 3 is 1.40 bits per heavy atom. The highest BCUT2D eigenvalue weighted by Gasteiger charge is 2.14. The van der Waals surface area contributed by atoms with E-state index in [0.717, 1.165) is 57.3 Å². The van der Waals surface area contributed by atoms with E-state index < -0.39 is 18.3 Å². The number of rotatable bonds is 35. The molecule has 0 spiro atoms. The van der Waals surface area contributed by atoms with E-state index in [1.807, 2.05) is 6.08 Å². The normalized spacial score (nSPS) is 13.7.